The van der Waals surface area contributed by atoms with Gasteiger partial charge in [0.05, 0.1) is 6.04 Å². The number of aromatic nitrogens is 2. The molecule has 1 atom stereocenters. The Morgan fingerprint density at radius 1 is 1.16 bits per heavy atom. The predicted octanol–water partition coefficient (Wildman–Crippen LogP) is 2.34. The third-order valence-corrected chi connectivity index (χ3v) is 4.57. The molecule has 132 valence electrons. The highest BCUT2D eigenvalue weighted by molar-refractivity contribution is 5.92. The third kappa shape index (κ3) is 3.73. The van der Waals surface area contributed by atoms with Crippen LogP contribution in [0.3, 0.4) is 0 Å². The molecule has 1 fully saturated rings. The van der Waals surface area contributed by atoms with E-state index < -0.39 is 0 Å². The van der Waals surface area contributed by atoms with Crippen LogP contribution < -0.4 is 0 Å². The van der Waals surface area contributed by atoms with E-state index in [1.54, 1.807) is 22.6 Å². The van der Waals surface area contributed by atoms with Crippen LogP contribution in [-0.2, 0) is 11.3 Å². The zero-order valence-electron chi connectivity index (χ0n) is 14.8. The van der Waals surface area contributed by atoms with Crippen LogP contribution in [0.2, 0.25) is 0 Å². The summed E-state index contributed by atoms with van der Waals surface area (Å²) in [5.41, 5.74) is 1.52. The number of hydrogen-bond acceptors (Lipinski definition) is 3. The quantitative estimate of drug-likeness (QED) is 0.858. The molecule has 0 aliphatic carbocycles. The van der Waals surface area contributed by atoms with Crippen molar-refractivity contribution in [3.8, 4) is 0 Å². The fourth-order valence-corrected chi connectivity index (χ4v) is 3.30. The van der Waals surface area contributed by atoms with Gasteiger partial charge in [-0.3, -0.25) is 14.3 Å². The summed E-state index contributed by atoms with van der Waals surface area (Å²) >= 11 is 0. The molecule has 2 aromatic rings. The molecule has 3 rings (SSSR count). The lowest BCUT2D eigenvalue weighted by Crippen LogP contribution is -2.51. The van der Waals surface area contributed by atoms with Crippen molar-refractivity contribution in [1.82, 2.24) is 19.6 Å². The van der Waals surface area contributed by atoms with Crippen molar-refractivity contribution in [2.75, 3.05) is 19.6 Å². The largest absolute Gasteiger partial charge is 0.333 e. The van der Waals surface area contributed by atoms with Gasteiger partial charge in [0.25, 0.3) is 5.91 Å². The molecule has 6 heteroatoms. The summed E-state index contributed by atoms with van der Waals surface area (Å²) in [5, 5.41) is 4.37. The zero-order chi connectivity index (χ0) is 17.8. The molecule has 1 aromatic heterocycles. The molecule has 0 saturated carbocycles. The molecule has 1 aliphatic heterocycles. The molecule has 2 heterocycles. The van der Waals surface area contributed by atoms with E-state index in [1.165, 1.54) is 0 Å². The Kier molecular flexibility index (Phi) is 5.16. The molecular formula is C19H24N4O2. The van der Waals surface area contributed by atoms with Crippen LogP contribution in [0.4, 0.5) is 0 Å². The van der Waals surface area contributed by atoms with Crippen molar-refractivity contribution in [2.45, 2.75) is 32.9 Å². The van der Waals surface area contributed by atoms with Gasteiger partial charge in [0.15, 0.2) is 0 Å². The van der Waals surface area contributed by atoms with Gasteiger partial charge in [0.2, 0.25) is 5.91 Å². The first-order chi connectivity index (χ1) is 12.1. The number of nitrogens with zero attached hydrogens (tertiary/aromatic N) is 4. The average molecular weight is 340 g/mol. The van der Waals surface area contributed by atoms with Crippen LogP contribution in [-0.4, -0.2) is 51.0 Å². The summed E-state index contributed by atoms with van der Waals surface area (Å²) in [4.78, 5) is 28.5. The molecule has 6 nitrogen and oxygen atoms in total. The minimum atomic E-state index is -0.117. The van der Waals surface area contributed by atoms with Gasteiger partial charge in [-0.2, -0.15) is 5.10 Å². The molecule has 0 spiro atoms. The Labute approximate surface area is 148 Å². The number of rotatable bonds is 4. The van der Waals surface area contributed by atoms with Crippen LogP contribution >= 0.6 is 0 Å². The van der Waals surface area contributed by atoms with E-state index in [-0.39, 0.29) is 17.9 Å². The standard InChI is InChI=1S/C19H24N4O2/c1-3-10-22-11-9-17(20-22)19(25)21-12-13-23(15(2)24)18(14-21)16-7-5-4-6-8-16/h4-9,11,18H,3,10,12-14H2,1-2H3. The molecule has 1 unspecified atom stereocenters. The summed E-state index contributed by atoms with van der Waals surface area (Å²) in [5.74, 6) is -0.0350. The Hall–Kier alpha value is -2.63. The number of piperazine rings is 1. The number of benzene rings is 1. The molecule has 0 bridgehead atoms. The fraction of sp³-hybridized carbons (Fsp3) is 0.421. The Morgan fingerprint density at radius 3 is 2.60 bits per heavy atom. The Bertz CT molecular complexity index is 741. The van der Waals surface area contributed by atoms with E-state index in [0.29, 0.717) is 25.3 Å². The normalized spacial score (nSPS) is 17.6. The highest BCUT2D eigenvalue weighted by atomic mass is 16.2. The SMILES string of the molecule is CCCn1ccc(C(=O)N2CCN(C(C)=O)C(c3ccccc3)C2)n1. The van der Waals surface area contributed by atoms with Crippen molar-refractivity contribution in [3.63, 3.8) is 0 Å². The molecule has 1 saturated heterocycles. The number of amides is 2. The topological polar surface area (TPSA) is 58.4 Å². The highest BCUT2D eigenvalue weighted by Gasteiger charge is 2.32. The van der Waals surface area contributed by atoms with E-state index >= 15 is 0 Å². The lowest BCUT2D eigenvalue weighted by atomic mass is 10.0. The summed E-state index contributed by atoms with van der Waals surface area (Å²) in [6.45, 7) is 6.02. The summed E-state index contributed by atoms with van der Waals surface area (Å²) in [7, 11) is 0. The summed E-state index contributed by atoms with van der Waals surface area (Å²) in [6, 6.07) is 11.5. The van der Waals surface area contributed by atoms with Crippen molar-refractivity contribution < 1.29 is 9.59 Å². The third-order valence-electron chi connectivity index (χ3n) is 4.57. The fourth-order valence-electron chi connectivity index (χ4n) is 3.30. The number of carbonyl (C=O) groups excluding carboxylic acids is 2. The number of carbonyl (C=O) groups is 2. The molecular weight excluding hydrogens is 316 g/mol. The van der Waals surface area contributed by atoms with Crippen molar-refractivity contribution >= 4 is 11.8 Å². The second-order valence-corrected chi connectivity index (χ2v) is 6.35. The van der Waals surface area contributed by atoms with E-state index in [4.69, 9.17) is 0 Å². The predicted molar refractivity (Wildman–Crippen MR) is 95.0 cm³/mol. The van der Waals surface area contributed by atoms with Crippen molar-refractivity contribution in [1.29, 1.82) is 0 Å². The van der Waals surface area contributed by atoms with Crippen LogP contribution in [0.25, 0.3) is 0 Å². The van der Waals surface area contributed by atoms with Gasteiger partial charge in [-0.15, -0.1) is 0 Å². The van der Waals surface area contributed by atoms with E-state index in [1.807, 2.05) is 41.4 Å². The first kappa shape index (κ1) is 17.2. The van der Waals surface area contributed by atoms with Gasteiger partial charge < -0.3 is 9.80 Å². The second kappa shape index (κ2) is 7.51. The van der Waals surface area contributed by atoms with Crippen LogP contribution in [0.15, 0.2) is 42.6 Å². The minimum absolute atomic E-state index is 0.0353. The van der Waals surface area contributed by atoms with E-state index in [2.05, 4.69) is 12.0 Å². The van der Waals surface area contributed by atoms with Crippen LogP contribution in [0.1, 0.15) is 42.4 Å². The van der Waals surface area contributed by atoms with E-state index in [9.17, 15) is 9.59 Å². The number of aryl methyl sites for hydroxylation is 1. The molecule has 0 N–H and O–H groups in total. The Morgan fingerprint density at radius 2 is 1.92 bits per heavy atom. The molecule has 0 radical (unpaired) electrons. The van der Waals surface area contributed by atoms with Crippen LogP contribution in [0.5, 0.6) is 0 Å². The maximum absolute atomic E-state index is 12.8. The lowest BCUT2D eigenvalue weighted by molar-refractivity contribution is -0.133. The molecule has 1 aliphatic rings. The van der Waals surface area contributed by atoms with Gasteiger partial charge in [0, 0.05) is 39.3 Å². The van der Waals surface area contributed by atoms with Crippen molar-refractivity contribution in [3.05, 3.63) is 53.9 Å². The molecule has 25 heavy (non-hydrogen) atoms. The van der Waals surface area contributed by atoms with Crippen LogP contribution in [0, 0.1) is 0 Å². The van der Waals surface area contributed by atoms with Gasteiger partial charge in [-0.05, 0) is 18.1 Å². The smallest absolute Gasteiger partial charge is 0.274 e. The monoisotopic (exact) mass is 340 g/mol. The van der Waals surface area contributed by atoms with E-state index in [0.717, 1.165) is 18.5 Å². The Balaban J connectivity index is 1.79. The van der Waals surface area contributed by atoms with Gasteiger partial charge in [0.1, 0.15) is 5.69 Å². The van der Waals surface area contributed by atoms with Gasteiger partial charge in [-0.1, -0.05) is 37.3 Å². The summed E-state index contributed by atoms with van der Waals surface area (Å²) < 4.78 is 1.80. The van der Waals surface area contributed by atoms with Gasteiger partial charge >= 0.3 is 0 Å². The highest BCUT2D eigenvalue weighted by Crippen LogP contribution is 2.26. The zero-order valence-corrected chi connectivity index (χ0v) is 14.8. The average Bonchev–Trinajstić information content (AvgIpc) is 3.10. The first-order valence-corrected chi connectivity index (χ1v) is 8.75. The first-order valence-electron chi connectivity index (χ1n) is 8.75. The maximum atomic E-state index is 12.8. The number of hydrogen-bond donors (Lipinski definition) is 0. The molecule has 1 aromatic carbocycles. The van der Waals surface area contributed by atoms with Gasteiger partial charge in [-0.25, -0.2) is 0 Å². The molecule has 2 amide bonds. The van der Waals surface area contributed by atoms with Crippen molar-refractivity contribution in [2.24, 2.45) is 0 Å². The maximum Gasteiger partial charge on any atom is 0.274 e. The minimum Gasteiger partial charge on any atom is -0.333 e. The second-order valence-electron chi connectivity index (χ2n) is 6.35. The lowest BCUT2D eigenvalue weighted by Gasteiger charge is -2.41. The summed E-state index contributed by atoms with van der Waals surface area (Å²) in [6.07, 6.45) is 2.82.